The number of rotatable bonds is 2. The van der Waals surface area contributed by atoms with Gasteiger partial charge in [-0.3, -0.25) is 4.98 Å². The highest BCUT2D eigenvalue weighted by Gasteiger charge is 2.21. The molecule has 2 aromatic rings. The van der Waals surface area contributed by atoms with Gasteiger partial charge in [0.25, 0.3) is 0 Å². The Morgan fingerprint density at radius 2 is 1.89 bits per heavy atom. The van der Waals surface area contributed by atoms with Crippen LogP contribution in [0.3, 0.4) is 0 Å². The summed E-state index contributed by atoms with van der Waals surface area (Å²) in [5, 5.41) is 3.14. The maximum Gasteiger partial charge on any atom is 0.0649 e. The van der Waals surface area contributed by atoms with Gasteiger partial charge in [0.15, 0.2) is 0 Å². The largest absolute Gasteiger partial charge is 0.387 e. The Kier molecular flexibility index (Phi) is 2.99. The maximum atomic E-state index is 4.30. The van der Waals surface area contributed by atoms with Crippen LogP contribution in [-0.2, 0) is 0 Å². The third-order valence-electron chi connectivity index (χ3n) is 3.57. The number of benzene rings is 1. The van der Waals surface area contributed by atoms with E-state index in [0.29, 0.717) is 0 Å². The summed E-state index contributed by atoms with van der Waals surface area (Å²) in [6.45, 7) is 1.99. The Hall–Kier alpha value is -2.23. The standard InChI is InChI=1S/C15H18N4/c1-16-12-9-13(11-17-10-12)19-8-7-18(2)14-5-3-4-6-15(14)19/h3-6,9-11,16H,7-8H2,1-2H3. The zero-order chi connectivity index (χ0) is 13.2. The second kappa shape index (κ2) is 4.80. The minimum Gasteiger partial charge on any atom is -0.387 e. The minimum atomic E-state index is 0.975. The van der Waals surface area contributed by atoms with Crippen LogP contribution in [0.5, 0.6) is 0 Å². The summed E-state index contributed by atoms with van der Waals surface area (Å²) < 4.78 is 0. The Bertz CT molecular complexity index is 582. The van der Waals surface area contributed by atoms with Crippen LogP contribution in [-0.4, -0.2) is 32.2 Å². The van der Waals surface area contributed by atoms with Crippen molar-refractivity contribution < 1.29 is 0 Å². The molecule has 0 saturated heterocycles. The molecule has 98 valence electrons. The molecular weight excluding hydrogens is 236 g/mol. The van der Waals surface area contributed by atoms with Crippen LogP contribution in [0.25, 0.3) is 0 Å². The fourth-order valence-electron chi connectivity index (χ4n) is 2.49. The van der Waals surface area contributed by atoms with E-state index in [1.807, 2.05) is 19.4 Å². The first-order valence-electron chi connectivity index (χ1n) is 6.50. The molecule has 0 atom stereocenters. The monoisotopic (exact) mass is 254 g/mol. The molecule has 2 heterocycles. The second-order valence-electron chi connectivity index (χ2n) is 4.74. The van der Waals surface area contributed by atoms with Gasteiger partial charge in [0.05, 0.1) is 35.1 Å². The van der Waals surface area contributed by atoms with Crippen LogP contribution < -0.4 is 15.1 Å². The Labute approximate surface area is 113 Å². The fourth-order valence-corrected chi connectivity index (χ4v) is 2.49. The van der Waals surface area contributed by atoms with E-state index in [4.69, 9.17) is 0 Å². The minimum absolute atomic E-state index is 0.975. The Morgan fingerprint density at radius 1 is 1.11 bits per heavy atom. The van der Waals surface area contributed by atoms with Gasteiger partial charge in [-0.15, -0.1) is 0 Å². The van der Waals surface area contributed by atoms with E-state index in [1.54, 1.807) is 0 Å². The van der Waals surface area contributed by atoms with Crippen molar-refractivity contribution in [3.05, 3.63) is 42.7 Å². The summed E-state index contributed by atoms with van der Waals surface area (Å²) in [4.78, 5) is 8.92. The molecule has 4 heteroatoms. The van der Waals surface area contributed by atoms with Crippen molar-refractivity contribution in [1.82, 2.24) is 4.98 Å². The van der Waals surface area contributed by atoms with Crippen LogP contribution in [0.2, 0.25) is 0 Å². The molecule has 19 heavy (non-hydrogen) atoms. The molecule has 0 radical (unpaired) electrons. The van der Waals surface area contributed by atoms with E-state index >= 15 is 0 Å². The third kappa shape index (κ3) is 2.10. The first-order valence-corrected chi connectivity index (χ1v) is 6.50. The lowest BCUT2D eigenvalue weighted by Crippen LogP contribution is -2.36. The molecule has 0 amide bonds. The van der Waals surface area contributed by atoms with E-state index in [9.17, 15) is 0 Å². The fraction of sp³-hybridized carbons (Fsp3) is 0.267. The van der Waals surface area contributed by atoms with Gasteiger partial charge in [-0.2, -0.15) is 0 Å². The molecule has 0 spiro atoms. The van der Waals surface area contributed by atoms with Crippen molar-refractivity contribution in [3.8, 4) is 0 Å². The Balaban J connectivity index is 2.04. The lowest BCUT2D eigenvalue weighted by atomic mass is 10.1. The molecule has 0 unspecified atom stereocenters. The number of fused-ring (bicyclic) bond motifs is 1. The third-order valence-corrected chi connectivity index (χ3v) is 3.57. The number of para-hydroxylation sites is 2. The van der Waals surface area contributed by atoms with E-state index in [-0.39, 0.29) is 0 Å². The van der Waals surface area contributed by atoms with Crippen LogP contribution in [0.4, 0.5) is 22.7 Å². The van der Waals surface area contributed by atoms with Gasteiger partial charge >= 0.3 is 0 Å². The lowest BCUT2D eigenvalue weighted by molar-refractivity contribution is 0.821. The predicted octanol–water partition coefficient (Wildman–Crippen LogP) is 2.71. The highest BCUT2D eigenvalue weighted by atomic mass is 15.3. The normalized spacial score (nSPS) is 14.2. The summed E-state index contributed by atoms with van der Waals surface area (Å²) >= 11 is 0. The zero-order valence-electron chi connectivity index (χ0n) is 11.3. The summed E-state index contributed by atoms with van der Waals surface area (Å²) in [6, 6.07) is 10.6. The SMILES string of the molecule is CNc1cncc(N2CCN(C)c3ccccc32)c1. The molecule has 4 nitrogen and oxygen atoms in total. The molecule has 1 aromatic carbocycles. The molecule has 0 fully saturated rings. The van der Waals surface area contributed by atoms with E-state index in [0.717, 1.165) is 24.5 Å². The van der Waals surface area contributed by atoms with Crippen LogP contribution in [0, 0.1) is 0 Å². The van der Waals surface area contributed by atoms with Crippen LogP contribution in [0.1, 0.15) is 0 Å². The van der Waals surface area contributed by atoms with Gasteiger partial charge in [0, 0.05) is 27.2 Å². The number of aromatic nitrogens is 1. The second-order valence-corrected chi connectivity index (χ2v) is 4.74. The number of anilines is 4. The van der Waals surface area contributed by atoms with Gasteiger partial charge in [-0.05, 0) is 18.2 Å². The van der Waals surface area contributed by atoms with E-state index < -0.39 is 0 Å². The van der Waals surface area contributed by atoms with Crippen molar-refractivity contribution in [1.29, 1.82) is 0 Å². The van der Waals surface area contributed by atoms with Gasteiger partial charge in [0.1, 0.15) is 0 Å². The van der Waals surface area contributed by atoms with Gasteiger partial charge in [-0.25, -0.2) is 0 Å². The quantitative estimate of drug-likeness (QED) is 0.893. The summed E-state index contributed by atoms with van der Waals surface area (Å²) in [7, 11) is 4.05. The molecule has 1 aliphatic rings. The number of likely N-dealkylation sites (N-methyl/N-ethyl adjacent to an activating group) is 1. The number of hydrogen-bond donors (Lipinski definition) is 1. The van der Waals surface area contributed by atoms with Crippen LogP contribution >= 0.6 is 0 Å². The van der Waals surface area contributed by atoms with E-state index in [1.165, 1.54) is 11.4 Å². The summed E-state index contributed by atoms with van der Waals surface area (Å²) in [5.41, 5.74) is 4.68. The number of hydrogen-bond acceptors (Lipinski definition) is 4. The van der Waals surface area contributed by atoms with Crippen molar-refractivity contribution in [2.75, 3.05) is 42.3 Å². The Morgan fingerprint density at radius 3 is 2.68 bits per heavy atom. The van der Waals surface area contributed by atoms with E-state index in [2.05, 4.69) is 57.5 Å². The van der Waals surface area contributed by atoms with Crippen molar-refractivity contribution in [2.24, 2.45) is 0 Å². The molecule has 1 aliphatic heterocycles. The van der Waals surface area contributed by atoms with Crippen LogP contribution in [0.15, 0.2) is 42.7 Å². The van der Waals surface area contributed by atoms with Gasteiger partial charge in [-0.1, -0.05) is 12.1 Å². The molecule has 3 rings (SSSR count). The predicted molar refractivity (Wildman–Crippen MR) is 80.5 cm³/mol. The average molecular weight is 254 g/mol. The average Bonchev–Trinajstić information content (AvgIpc) is 2.48. The molecule has 0 saturated carbocycles. The van der Waals surface area contributed by atoms with Crippen molar-refractivity contribution in [2.45, 2.75) is 0 Å². The smallest absolute Gasteiger partial charge is 0.0649 e. The van der Waals surface area contributed by atoms with Gasteiger partial charge < -0.3 is 15.1 Å². The highest BCUT2D eigenvalue weighted by Crippen LogP contribution is 2.36. The van der Waals surface area contributed by atoms with Crippen molar-refractivity contribution in [3.63, 3.8) is 0 Å². The number of nitrogens with one attached hydrogen (secondary N) is 1. The maximum absolute atomic E-state index is 4.30. The molecule has 0 bridgehead atoms. The molecule has 1 aromatic heterocycles. The first kappa shape index (κ1) is 11.8. The van der Waals surface area contributed by atoms with Crippen molar-refractivity contribution >= 4 is 22.7 Å². The highest BCUT2D eigenvalue weighted by molar-refractivity contribution is 5.79. The number of pyridine rings is 1. The number of nitrogens with zero attached hydrogens (tertiary/aromatic N) is 3. The van der Waals surface area contributed by atoms with Gasteiger partial charge in [0.2, 0.25) is 0 Å². The topological polar surface area (TPSA) is 31.4 Å². The molecule has 1 N–H and O–H groups in total. The summed E-state index contributed by atoms with van der Waals surface area (Å²) in [5.74, 6) is 0. The zero-order valence-corrected chi connectivity index (χ0v) is 11.3. The first-order chi connectivity index (χ1) is 9.29. The molecule has 0 aliphatic carbocycles. The molecular formula is C15H18N4. The lowest BCUT2D eigenvalue weighted by Gasteiger charge is -2.36. The summed E-state index contributed by atoms with van der Waals surface area (Å²) in [6.07, 6.45) is 3.76.